The molecule has 0 saturated carbocycles. The van der Waals surface area contributed by atoms with Gasteiger partial charge in [0.1, 0.15) is 17.3 Å². The van der Waals surface area contributed by atoms with Crippen LogP contribution in [0.4, 0.5) is 4.39 Å². The average Bonchev–Trinajstić information content (AvgIpc) is 2.88. The normalized spacial score (nSPS) is 20.5. The SMILES string of the molecule is Cc1cccc([C@H]2[C@@H](C(=O)c3cccc(O)c3)CN(CCN(C)S(C)(=O)=O)C[C@@H]2c2[c]cccc2O)c1F. The van der Waals surface area contributed by atoms with Gasteiger partial charge in [-0.05, 0) is 42.3 Å². The Morgan fingerprint density at radius 2 is 1.87 bits per heavy atom. The number of phenols is 2. The Kier molecular flexibility index (Phi) is 8.20. The second kappa shape index (κ2) is 11.2. The topological polar surface area (TPSA) is 98.2 Å². The maximum atomic E-state index is 15.7. The van der Waals surface area contributed by atoms with E-state index in [1.807, 2.05) is 4.90 Å². The quantitative estimate of drug-likeness (QED) is 0.421. The lowest BCUT2D eigenvalue weighted by Gasteiger charge is -2.44. The molecule has 0 aromatic heterocycles. The lowest BCUT2D eigenvalue weighted by atomic mass is 9.68. The summed E-state index contributed by atoms with van der Waals surface area (Å²) < 4.78 is 40.9. The number of halogens is 1. The van der Waals surface area contributed by atoms with Crippen molar-refractivity contribution >= 4 is 15.8 Å². The molecule has 7 nitrogen and oxygen atoms in total. The molecule has 1 heterocycles. The van der Waals surface area contributed by atoms with E-state index >= 15 is 4.39 Å². The highest BCUT2D eigenvalue weighted by atomic mass is 32.2. The van der Waals surface area contributed by atoms with Gasteiger partial charge in [0, 0.05) is 62.1 Å². The Bertz CT molecular complexity index is 1430. The van der Waals surface area contributed by atoms with Crippen molar-refractivity contribution in [1.82, 2.24) is 9.21 Å². The summed E-state index contributed by atoms with van der Waals surface area (Å²) in [5.74, 6) is -2.64. The third-order valence-electron chi connectivity index (χ3n) is 7.36. The van der Waals surface area contributed by atoms with Crippen LogP contribution >= 0.6 is 0 Å². The predicted octanol–water partition coefficient (Wildman–Crippen LogP) is 3.92. The van der Waals surface area contributed by atoms with Crippen molar-refractivity contribution in [2.24, 2.45) is 5.92 Å². The van der Waals surface area contributed by atoms with E-state index in [0.29, 0.717) is 35.3 Å². The van der Waals surface area contributed by atoms with Gasteiger partial charge < -0.3 is 15.1 Å². The number of phenolic OH excluding ortho intramolecular Hbond substituents is 2. The number of hydrogen-bond donors (Lipinski definition) is 2. The molecule has 38 heavy (non-hydrogen) atoms. The van der Waals surface area contributed by atoms with Crippen LogP contribution in [0, 0.1) is 24.7 Å². The number of Topliss-reactive ketones (excluding diaryl/α,β-unsaturated/α-hetero) is 1. The second-order valence-electron chi connectivity index (χ2n) is 9.94. The molecule has 3 aromatic carbocycles. The Balaban J connectivity index is 1.84. The number of ketones is 1. The molecule has 4 rings (SSSR count). The van der Waals surface area contributed by atoms with Gasteiger partial charge in [-0.15, -0.1) is 0 Å². The third-order valence-corrected chi connectivity index (χ3v) is 8.67. The lowest BCUT2D eigenvalue weighted by molar-refractivity contribution is 0.0728. The molecule has 3 atom stereocenters. The van der Waals surface area contributed by atoms with Crippen LogP contribution < -0.4 is 0 Å². The minimum Gasteiger partial charge on any atom is -0.508 e. The van der Waals surface area contributed by atoms with Gasteiger partial charge in [0.2, 0.25) is 10.0 Å². The van der Waals surface area contributed by atoms with Crippen molar-refractivity contribution in [3.63, 3.8) is 0 Å². The first-order valence-electron chi connectivity index (χ1n) is 12.4. The molecule has 3 aromatic rings. The molecule has 201 valence electrons. The maximum absolute atomic E-state index is 15.7. The van der Waals surface area contributed by atoms with E-state index in [4.69, 9.17) is 0 Å². The number of hydrogen-bond acceptors (Lipinski definition) is 6. The number of carbonyl (C=O) groups excluding carboxylic acids is 1. The van der Waals surface area contributed by atoms with Gasteiger partial charge in [0.15, 0.2) is 5.78 Å². The van der Waals surface area contributed by atoms with Gasteiger partial charge in [-0.2, -0.15) is 0 Å². The summed E-state index contributed by atoms with van der Waals surface area (Å²) in [5, 5.41) is 20.8. The number of benzene rings is 3. The molecule has 2 N–H and O–H groups in total. The predicted molar refractivity (Wildman–Crippen MR) is 143 cm³/mol. The van der Waals surface area contributed by atoms with E-state index in [9.17, 15) is 23.4 Å². The van der Waals surface area contributed by atoms with Crippen molar-refractivity contribution in [2.45, 2.75) is 18.8 Å². The molecule has 1 aliphatic heterocycles. The Morgan fingerprint density at radius 1 is 1.13 bits per heavy atom. The summed E-state index contributed by atoms with van der Waals surface area (Å²) in [5.41, 5.74) is 1.58. The molecular formula is C29H32FN2O5S. The summed E-state index contributed by atoms with van der Waals surface area (Å²) in [6.07, 6.45) is 1.13. The van der Waals surface area contributed by atoms with Gasteiger partial charge in [0.05, 0.1) is 6.26 Å². The largest absolute Gasteiger partial charge is 0.508 e. The Labute approximate surface area is 223 Å². The minimum atomic E-state index is -3.40. The number of carbonyl (C=O) groups is 1. The molecule has 0 unspecified atom stereocenters. The lowest BCUT2D eigenvalue weighted by Crippen LogP contribution is -2.49. The Hall–Kier alpha value is -3.27. The molecule has 1 radical (unpaired) electrons. The molecule has 9 heteroatoms. The third kappa shape index (κ3) is 5.90. The number of sulfonamides is 1. The van der Waals surface area contributed by atoms with Gasteiger partial charge in [-0.1, -0.05) is 42.5 Å². The van der Waals surface area contributed by atoms with E-state index < -0.39 is 33.6 Å². The summed E-state index contributed by atoms with van der Waals surface area (Å²) in [6.45, 7) is 2.80. The van der Waals surface area contributed by atoms with Crippen molar-refractivity contribution in [3.8, 4) is 11.5 Å². The zero-order chi connectivity index (χ0) is 27.6. The first kappa shape index (κ1) is 27.8. The Morgan fingerprint density at radius 3 is 2.55 bits per heavy atom. The van der Waals surface area contributed by atoms with Crippen molar-refractivity contribution in [2.75, 3.05) is 39.5 Å². The fourth-order valence-corrected chi connectivity index (χ4v) is 5.67. The van der Waals surface area contributed by atoms with Crippen LogP contribution in [0.25, 0.3) is 0 Å². The van der Waals surface area contributed by atoms with Crippen LogP contribution in [0.1, 0.15) is 38.9 Å². The van der Waals surface area contributed by atoms with Crippen LogP contribution in [0.15, 0.2) is 60.7 Å². The highest BCUT2D eigenvalue weighted by molar-refractivity contribution is 7.88. The van der Waals surface area contributed by atoms with Crippen LogP contribution in [-0.2, 0) is 10.0 Å². The van der Waals surface area contributed by atoms with E-state index in [1.54, 1.807) is 49.4 Å². The smallest absolute Gasteiger partial charge is 0.210 e. The number of aryl methyl sites for hydroxylation is 1. The summed E-state index contributed by atoms with van der Waals surface area (Å²) in [6, 6.07) is 19.1. The summed E-state index contributed by atoms with van der Waals surface area (Å²) in [7, 11) is -1.91. The molecule has 1 fully saturated rings. The van der Waals surface area contributed by atoms with Gasteiger partial charge in [-0.25, -0.2) is 17.1 Å². The van der Waals surface area contributed by atoms with Gasteiger partial charge >= 0.3 is 0 Å². The molecule has 0 spiro atoms. The molecule has 1 aliphatic rings. The van der Waals surface area contributed by atoms with Crippen LogP contribution in [0.5, 0.6) is 11.5 Å². The molecule has 1 saturated heterocycles. The average molecular weight is 540 g/mol. The van der Waals surface area contributed by atoms with E-state index in [1.165, 1.54) is 29.6 Å². The van der Waals surface area contributed by atoms with Crippen LogP contribution in [0.2, 0.25) is 0 Å². The first-order valence-corrected chi connectivity index (χ1v) is 14.2. The van der Waals surface area contributed by atoms with Crippen LogP contribution in [-0.4, -0.2) is 73.1 Å². The number of nitrogens with zero attached hydrogens (tertiary/aromatic N) is 2. The zero-order valence-corrected chi connectivity index (χ0v) is 22.5. The summed E-state index contributed by atoms with van der Waals surface area (Å²) >= 11 is 0. The van der Waals surface area contributed by atoms with E-state index in [-0.39, 0.29) is 30.4 Å². The molecular weight excluding hydrogens is 507 g/mol. The van der Waals surface area contributed by atoms with Crippen LogP contribution in [0.3, 0.4) is 0 Å². The monoisotopic (exact) mass is 539 g/mol. The van der Waals surface area contributed by atoms with Crippen molar-refractivity contribution in [1.29, 1.82) is 0 Å². The van der Waals surface area contributed by atoms with Gasteiger partial charge in [-0.3, -0.25) is 4.79 Å². The number of piperidine rings is 1. The number of likely N-dealkylation sites (N-methyl/N-ethyl adjacent to an activating group) is 1. The van der Waals surface area contributed by atoms with Gasteiger partial charge in [0.25, 0.3) is 0 Å². The highest BCUT2D eigenvalue weighted by Gasteiger charge is 2.44. The van der Waals surface area contributed by atoms with E-state index in [2.05, 4.69) is 6.07 Å². The minimum absolute atomic E-state index is 0.00535. The molecule has 0 aliphatic carbocycles. The number of aromatic hydroxyl groups is 2. The standard InChI is InChI=1S/C29H32FN2O5S/c1-19-8-6-12-23(28(19)30)27-24(22-11-4-5-13-26(22)34)17-32(15-14-31(2)38(3,36)37)18-25(27)29(35)20-9-7-10-21(33)16-20/h4-10,12-13,16,24-25,27,33-34H,14-15,17-18H2,1-3H3/t24-,25+,27-/m1/s1. The number of rotatable bonds is 8. The van der Waals surface area contributed by atoms with Crippen molar-refractivity contribution < 1.29 is 27.8 Å². The fourth-order valence-electron chi connectivity index (χ4n) is 5.26. The van der Waals surface area contributed by atoms with E-state index in [0.717, 1.165) is 6.26 Å². The highest BCUT2D eigenvalue weighted by Crippen LogP contribution is 2.47. The fraction of sp³-hybridized carbons (Fsp3) is 0.345. The maximum Gasteiger partial charge on any atom is 0.210 e. The molecule has 0 amide bonds. The molecule has 0 bridgehead atoms. The zero-order valence-electron chi connectivity index (χ0n) is 21.6. The van der Waals surface area contributed by atoms with Crippen molar-refractivity contribution in [3.05, 3.63) is 94.8 Å². The summed E-state index contributed by atoms with van der Waals surface area (Å²) in [4.78, 5) is 16.0. The first-order chi connectivity index (χ1) is 18.0. The number of likely N-dealkylation sites (tertiary alicyclic amines) is 1. The second-order valence-corrected chi connectivity index (χ2v) is 12.0.